The Morgan fingerprint density at radius 2 is 2.16 bits per heavy atom. The summed E-state index contributed by atoms with van der Waals surface area (Å²) in [5.74, 6) is -0.649. The van der Waals surface area contributed by atoms with Gasteiger partial charge >= 0.3 is 0 Å². The molecule has 0 bridgehead atoms. The molecule has 1 saturated heterocycles. The summed E-state index contributed by atoms with van der Waals surface area (Å²) in [6.07, 6.45) is 1.42. The molecule has 0 spiro atoms. The first-order valence-electron chi connectivity index (χ1n) is 5.97. The molecule has 19 heavy (non-hydrogen) atoms. The number of primary amides is 1. The maximum absolute atomic E-state index is 12.4. The predicted molar refractivity (Wildman–Crippen MR) is 77.1 cm³/mol. The maximum Gasteiger partial charge on any atom is 0.254 e. The van der Waals surface area contributed by atoms with Gasteiger partial charge in [0.05, 0.1) is 5.02 Å². The zero-order chi connectivity index (χ0) is 14.2. The molecule has 1 unspecified atom stereocenters. The Morgan fingerprint density at radius 1 is 1.47 bits per heavy atom. The largest absolute Gasteiger partial charge is 0.368 e. The number of carbonyl (C=O) groups excluding carboxylic acids is 2. The Labute approximate surface area is 125 Å². The minimum atomic E-state index is -0.504. The second-order valence-electron chi connectivity index (χ2n) is 4.65. The van der Waals surface area contributed by atoms with E-state index in [0.29, 0.717) is 23.6 Å². The van der Waals surface area contributed by atoms with Crippen LogP contribution in [0.3, 0.4) is 0 Å². The molecule has 0 radical (unpaired) electrons. The predicted octanol–water partition coefficient (Wildman–Crippen LogP) is 2.50. The Bertz CT molecular complexity index is 524. The van der Waals surface area contributed by atoms with E-state index in [4.69, 9.17) is 17.3 Å². The molecular weight excluding hydrogens is 332 g/mol. The van der Waals surface area contributed by atoms with Gasteiger partial charge < -0.3 is 10.6 Å². The summed E-state index contributed by atoms with van der Waals surface area (Å²) in [4.78, 5) is 25.3. The molecule has 2 amide bonds. The third-order valence-electron chi connectivity index (χ3n) is 3.30. The summed E-state index contributed by atoms with van der Waals surface area (Å²) in [5.41, 5.74) is 6.69. The highest BCUT2D eigenvalue weighted by molar-refractivity contribution is 9.10. The van der Waals surface area contributed by atoms with Crippen LogP contribution in [0.15, 0.2) is 16.6 Å². The summed E-state index contributed by atoms with van der Waals surface area (Å²) in [6, 6.07) is 2.86. The lowest BCUT2D eigenvalue weighted by atomic mass is 10.1. The molecule has 1 atom stereocenters. The van der Waals surface area contributed by atoms with E-state index >= 15 is 0 Å². The number of amides is 2. The zero-order valence-electron chi connectivity index (χ0n) is 10.5. The van der Waals surface area contributed by atoms with Crippen LogP contribution in [0, 0.1) is 6.92 Å². The summed E-state index contributed by atoms with van der Waals surface area (Å²) in [7, 11) is 0. The molecule has 6 heteroatoms. The highest BCUT2D eigenvalue weighted by Crippen LogP contribution is 2.29. The highest BCUT2D eigenvalue weighted by atomic mass is 79.9. The molecule has 0 saturated carbocycles. The van der Waals surface area contributed by atoms with Crippen LogP contribution in [0.2, 0.25) is 5.02 Å². The number of hydrogen-bond donors (Lipinski definition) is 1. The molecule has 2 rings (SSSR count). The Morgan fingerprint density at radius 3 is 2.74 bits per heavy atom. The first kappa shape index (κ1) is 14.3. The van der Waals surface area contributed by atoms with E-state index in [1.165, 1.54) is 4.90 Å². The average Bonchev–Trinajstić information content (AvgIpc) is 2.83. The van der Waals surface area contributed by atoms with Gasteiger partial charge in [-0.15, -0.1) is 0 Å². The van der Waals surface area contributed by atoms with Gasteiger partial charge in [-0.25, -0.2) is 0 Å². The van der Waals surface area contributed by atoms with Gasteiger partial charge in [-0.05, 0) is 53.4 Å². The van der Waals surface area contributed by atoms with Crippen LogP contribution < -0.4 is 5.73 Å². The lowest BCUT2D eigenvalue weighted by Gasteiger charge is -2.22. The van der Waals surface area contributed by atoms with E-state index in [-0.39, 0.29) is 5.91 Å². The molecule has 0 aliphatic carbocycles. The molecule has 1 aromatic rings. The number of nitrogens with zero attached hydrogens (tertiary/aromatic N) is 1. The third-order valence-corrected chi connectivity index (χ3v) is 4.88. The lowest BCUT2D eigenvalue weighted by molar-refractivity contribution is -0.121. The van der Waals surface area contributed by atoms with Crippen molar-refractivity contribution in [2.45, 2.75) is 25.8 Å². The SMILES string of the molecule is Cc1cc(C(=O)N2CCCC2C(N)=O)cc(Cl)c1Br. The standard InChI is InChI=1S/C13H14BrClN2O2/c1-7-5-8(6-9(15)11(7)14)13(19)17-4-2-3-10(17)12(16)18/h5-6,10H,2-4H2,1H3,(H2,16,18). The molecule has 1 aliphatic heterocycles. The van der Waals surface area contributed by atoms with E-state index in [1.54, 1.807) is 12.1 Å². The first-order chi connectivity index (χ1) is 8.91. The second kappa shape index (κ2) is 5.51. The van der Waals surface area contributed by atoms with E-state index in [1.807, 2.05) is 6.92 Å². The van der Waals surface area contributed by atoms with Crippen LogP contribution in [0.5, 0.6) is 0 Å². The van der Waals surface area contributed by atoms with E-state index in [9.17, 15) is 9.59 Å². The number of nitrogens with two attached hydrogens (primary N) is 1. The fourth-order valence-electron chi connectivity index (χ4n) is 2.32. The molecule has 0 aromatic heterocycles. The summed E-state index contributed by atoms with van der Waals surface area (Å²) in [6.45, 7) is 2.42. The second-order valence-corrected chi connectivity index (χ2v) is 5.85. The maximum atomic E-state index is 12.4. The van der Waals surface area contributed by atoms with Crippen molar-refractivity contribution >= 4 is 39.3 Å². The monoisotopic (exact) mass is 344 g/mol. The van der Waals surface area contributed by atoms with Crippen molar-refractivity contribution in [3.8, 4) is 0 Å². The minimum Gasteiger partial charge on any atom is -0.368 e. The number of benzene rings is 1. The van der Waals surface area contributed by atoms with Crippen molar-refractivity contribution in [2.75, 3.05) is 6.54 Å². The fraction of sp³-hybridized carbons (Fsp3) is 0.385. The van der Waals surface area contributed by atoms with Gasteiger partial charge in [-0.2, -0.15) is 0 Å². The van der Waals surface area contributed by atoms with Crippen LogP contribution in [0.1, 0.15) is 28.8 Å². The van der Waals surface area contributed by atoms with Gasteiger partial charge in [-0.3, -0.25) is 9.59 Å². The van der Waals surface area contributed by atoms with E-state index < -0.39 is 11.9 Å². The van der Waals surface area contributed by atoms with Crippen LogP contribution in [-0.4, -0.2) is 29.3 Å². The van der Waals surface area contributed by atoms with Crippen molar-refractivity contribution in [3.63, 3.8) is 0 Å². The molecule has 2 N–H and O–H groups in total. The van der Waals surface area contributed by atoms with Gasteiger partial charge in [-0.1, -0.05) is 11.6 Å². The van der Waals surface area contributed by atoms with Crippen LogP contribution in [-0.2, 0) is 4.79 Å². The Kier molecular flexibility index (Phi) is 4.16. The smallest absolute Gasteiger partial charge is 0.254 e. The van der Waals surface area contributed by atoms with Crippen LogP contribution >= 0.6 is 27.5 Å². The quantitative estimate of drug-likeness (QED) is 0.895. The summed E-state index contributed by atoms with van der Waals surface area (Å²) >= 11 is 9.41. The first-order valence-corrected chi connectivity index (χ1v) is 7.15. The molecule has 1 heterocycles. The van der Waals surface area contributed by atoms with Crippen molar-refractivity contribution in [2.24, 2.45) is 5.73 Å². The number of likely N-dealkylation sites (tertiary alicyclic amines) is 1. The Hall–Kier alpha value is -1.07. The van der Waals surface area contributed by atoms with Gasteiger partial charge in [0.2, 0.25) is 5.91 Å². The zero-order valence-corrected chi connectivity index (χ0v) is 12.8. The Balaban J connectivity index is 2.32. The number of rotatable bonds is 2. The van der Waals surface area contributed by atoms with Crippen molar-refractivity contribution in [1.29, 1.82) is 0 Å². The van der Waals surface area contributed by atoms with E-state index in [2.05, 4.69) is 15.9 Å². The molecule has 1 aromatic carbocycles. The molecular formula is C13H14BrClN2O2. The summed E-state index contributed by atoms with van der Waals surface area (Å²) in [5, 5.41) is 0.484. The number of hydrogen-bond acceptors (Lipinski definition) is 2. The normalized spacial score (nSPS) is 18.7. The van der Waals surface area contributed by atoms with E-state index in [0.717, 1.165) is 16.5 Å². The van der Waals surface area contributed by atoms with Crippen molar-refractivity contribution in [1.82, 2.24) is 4.90 Å². The number of aryl methyl sites for hydroxylation is 1. The van der Waals surface area contributed by atoms with Crippen LogP contribution in [0.4, 0.5) is 0 Å². The lowest BCUT2D eigenvalue weighted by Crippen LogP contribution is -2.43. The van der Waals surface area contributed by atoms with Crippen molar-refractivity contribution in [3.05, 3.63) is 32.8 Å². The van der Waals surface area contributed by atoms with Gasteiger partial charge in [0.25, 0.3) is 5.91 Å². The topological polar surface area (TPSA) is 63.4 Å². The molecule has 1 fully saturated rings. The molecule has 102 valence electrons. The average molecular weight is 346 g/mol. The highest BCUT2D eigenvalue weighted by Gasteiger charge is 2.33. The fourth-order valence-corrected chi connectivity index (χ4v) is 2.82. The molecule has 1 aliphatic rings. The van der Waals surface area contributed by atoms with Crippen LogP contribution in [0.25, 0.3) is 0 Å². The number of halogens is 2. The van der Waals surface area contributed by atoms with Crippen molar-refractivity contribution < 1.29 is 9.59 Å². The summed E-state index contributed by atoms with van der Waals surface area (Å²) < 4.78 is 0.776. The van der Waals surface area contributed by atoms with Gasteiger partial charge in [0.1, 0.15) is 6.04 Å². The van der Waals surface area contributed by atoms with Gasteiger partial charge in [0.15, 0.2) is 0 Å². The number of carbonyl (C=O) groups is 2. The third kappa shape index (κ3) is 2.77. The molecule has 4 nitrogen and oxygen atoms in total. The minimum absolute atomic E-state index is 0.196. The van der Waals surface area contributed by atoms with Gasteiger partial charge in [0, 0.05) is 16.6 Å².